The van der Waals surface area contributed by atoms with Crippen LogP contribution in [0, 0.1) is 5.92 Å². The fourth-order valence-electron chi connectivity index (χ4n) is 4.58. The van der Waals surface area contributed by atoms with E-state index in [-0.39, 0.29) is 0 Å². The second-order valence-corrected chi connectivity index (χ2v) is 8.29. The van der Waals surface area contributed by atoms with E-state index in [1.165, 1.54) is 17.7 Å². The molecule has 142 valence electrons. The maximum atomic E-state index is 4.52. The van der Waals surface area contributed by atoms with Crippen LogP contribution in [-0.2, 0) is 12.8 Å². The molecule has 0 spiro atoms. The highest BCUT2D eigenvalue weighted by molar-refractivity contribution is 5.45. The Balaban J connectivity index is 1.16. The van der Waals surface area contributed by atoms with Crippen molar-refractivity contribution in [1.29, 1.82) is 0 Å². The van der Waals surface area contributed by atoms with E-state index in [0.717, 1.165) is 69.7 Å². The number of rotatable bonds is 3. The Kier molecular flexibility index (Phi) is 4.44. The molecule has 3 aliphatic rings. The largest absolute Gasteiger partial charge is 0.354 e. The minimum atomic E-state index is 0.646. The highest BCUT2D eigenvalue weighted by Crippen LogP contribution is 2.28. The molecule has 6 nitrogen and oxygen atoms in total. The monoisotopic (exact) mass is 364 g/mol. The number of fused-ring (bicyclic) bond motifs is 1. The summed E-state index contributed by atoms with van der Waals surface area (Å²) in [6.45, 7) is 8.84. The molecule has 2 aliphatic heterocycles. The van der Waals surface area contributed by atoms with Crippen molar-refractivity contribution >= 4 is 11.6 Å². The molecule has 0 amide bonds. The molecule has 0 N–H and O–H groups in total. The second kappa shape index (κ2) is 7.08. The van der Waals surface area contributed by atoms with Gasteiger partial charge in [-0.15, -0.1) is 5.10 Å². The summed E-state index contributed by atoms with van der Waals surface area (Å²) in [6, 6.07) is 9.10. The Morgan fingerprint density at radius 3 is 2.59 bits per heavy atom. The van der Waals surface area contributed by atoms with Crippen molar-refractivity contribution in [2.75, 3.05) is 49.1 Å². The third-order valence-electron chi connectivity index (χ3n) is 6.38. The Morgan fingerprint density at radius 2 is 1.81 bits per heavy atom. The van der Waals surface area contributed by atoms with Crippen LogP contribution in [0.2, 0.25) is 0 Å². The molecule has 6 heteroatoms. The van der Waals surface area contributed by atoms with Gasteiger partial charge >= 0.3 is 0 Å². The summed E-state index contributed by atoms with van der Waals surface area (Å²) in [5, 5.41) is 9.03. The lowest BCUT2D eigenvalue weighted by molar-refractivity contribution is 0.156. The zero-order chi connectivity index (χ0) is 18.2. The lowest BCUT2D eigenvalue weighted by Crippen LogP contribution is -2.63. The second-order valence-electron chi connectivity index (χ2n) is 8.29. The molecule has 0 radical (unpaired) electrons. The van der Waals surface area contributed by atoms with E-state index in [1.807, 2.05) is 12.3 Å². The van der Waals surface area contributed by atoms with Gasteiger partial charge in [0.15, 0.2) is 5.82 Å². The first-order valence-corrected chi connectivity index (χ1v) is 10.3. The van der Waals surface area contributed by atoms with E-state index in [1.54, 1.807) is 0 Å². The number of nitrogens with zero attached hydrogens (tertiary/aromatic N) is 6. The topological polar surface area (TPSA) is 48.4 Å². The maximum Gasteiger partial charge on any atom is 0.151 e. The highest BCUT2D eigenvalue weighted by Gasteiger charge is 2.35. The van der Waals surface area contributed by atoms with Crippen LogP contribution >= 0.6 is 0 Å². The van der Waals surface area contributed by atoms with Crippen molar-refractivity contribution in [1.82, 2.24) is 20.1 Å². The molecule has 0 aromatic carbocycles. The third-order valence-corrected chi connectivity index (χ3v) is 6.38. The number of hydrogen-bond donors (Lipinski definition) is 0. The van der Waals surface area contributed by atoms with Gasteiger partial charge in [0.25, 0.3) is 0 Å². The average molecular weight is 364 g/mol. The molecule has 5 rings (SSSR count). The van der Waals surface area contributed by atoms with E-state index in [2.05, 4.69) is 55.0 Å². The van der Waals surface area contributed by atoms with Crippen LogP contribution in [0.25, 0.3) is 0 Å². The summed E-state index contributed by atoms with van der Waals surface area (Å²) in [5.74, 6) is 2.95. The molecule has 27 heavy (non-hydrogen) atoms. The van der Waals surface area contributed by atoms with Crippen molar-refractivity contribution in [3.63, 3.8) is 0 Å². The van der Waals surface area contributed by atoms with E-state index in [4.69, 9.17) is 0 Å². The zero-order valence-electron chi connectivity index (χ0n) is 16.1. The van der Waals surface area contributed by atoms with Gasteiger partial charge in [0.2, 0.25) is 0 Å². The van der Waals surface area contributed by atoms with E-state index < -0.39 is 0 Å². The summed E-state index contributed by atoms with van der Waals surface area (Å²) in [6.07, 6.45) is 5.38. The van der Waals surface area contributed by atoms with Crippen LogP contribution in [-0.4, -0.2) is 65.4 Å². The van der Waals surface area contributed by atoms with Gasteiger partial charge in [-0.25, -0.2) is 4.98 Å². The normalized spacial score (nSPS) is 23.8. The van der Waals surface area contributed by atoms with Gasteiger partial charge in [-0.2, -0.15) is 5.10 Å². The number of pyridine rings is 1. The summed E-state index contributed by atoms with van der Waals surface area (Å²) >= 11 is 0. The standard InChI is InChI=1S/C21H28N6/c1-16-5-6-19-17(12-16)13-21(24-23-19)27-14-18(15-27)25-8-10-26(11-9-25)20-4-2-3-7-22-20/h2-4,7,13,16,18H,5-6,8-12,14-15H2,1H3. The van der Waals surface area contributed by atoms with Crippen molar-refractivity contribution in [2.24, 2.45) is 5.92 Å². The van der Waals surface area contributed by atoms with Crippen LogP contribution in [0.5, 0.6) is 0 Å². The lowest BCUT2D eigenvalue weighted by atomic mass is 9.88. The average Bonchev–Trinajstić information content (AvgIpc) is 2.68. The number of hydrogen-bond acceptors (Lipinski definition) is 6. The van der Waals surface area contributed by atoms with Crippen LogP contribution in [0.15, 0.2) is 30.5 Å². The minimum Gasteiger partial charge on any atom is -0.354 e. The summed E-state index contributed by atoms with van der Waals surface area (Å²) in [5.41, 5.74) is 2.64. The molecule has 2 saturated heterocycles. The van der Waals surface area contributed by atoms with Gasteiger partial charge in [0.1, 0.15) is 5.82 Å². The van der Waals surface area contributed by atoms with Crippen LogP contribution in [0.1, 0.15) is 24.6 Å². The third kappa shape index (κ3) is 3.38. The Morgan fingerprint density at radius 1 is 0.963 bits per heavy atom. The Labute approximate surface area is 161 Å². The molecular formula is C21H28N6. The first-order valence-electron chi connectivity index (χ1n) is 10.3. The van der Waals surface area contributed by atoms with Crippen LogP contribution < -0.4 is 9.80 Å². The minimum absolute atomic E-state index is 0.646. The highest BCUT2D eigenvalue weighted by atomic mass is 15.4. The first kappa shape index (κ1) is 16.9. The Hall–Kier alpha value is -2.21. The molecule has 0 bridgehead atoms. The molecule has 1 atom stereocenters. The Bertz CT molecular complexity index is 781. The fraction of sp³-hybridized carbons (Fsp3) is 0.571. The summed E-state index contributed by atoms with van der Waals surface area (Å²) < 4.78 is 0. The smallest absolute Gasteiger partial charge is 0.151 e. The van der Waals surface area contributed by atoms with Crippen LogP contribution in [0.3, 0.4) is 0 Å². The van der Waals surface area contributed by atoms with Crippen molar-refractivity contribution in [2.45, 2.75) is 32.2 Å². The molecule has 4 heterocycles. The summed E-state index contributed by atoms with van der Waals surface area (Å²) in [4.78, 5) is 11.9. The molecule has 2 fully saturated rings. The quantitative estimate of drug-likeness (QED) is 0.830. The number of anilines is 2. The molecule has 2 aromatic rings. The lowest BCUT2D eigenvalue weighted by Gasteiger charge is -2.48. The number of aromatic nitrogens is 3. The molecular weight excluding hydrogens is 336 g/mol. The van der Waals surface area contributed by atoms with Crippen molar-refractivity contribution in [3.8, 4) is 0 Å². The van der Waals surface area contributed by atoms with Crippen LogP contribution in [0.4, 0.5) is 11.6 Å². The molecule has 2 aromatic heterocycles. The predicted octanol–water partition coefficient (Wildman–Crippen LogP) is 2.01. The zero-order valence-corrected chi connectivity index (χ0v) is 16.1. The number of piperazine rings is 1. The van der Waals surface area contributed by atoms with E-state index in [0.29, 0.717) is 6.04 Å². The SMILES string of the molecule is CC1CCc2nnc(N3CC(N4CCN(c5ccccn5)CC4)C3)cc2C1. The van der Waals surface area contributed by atoms with Gasteiger partial charge in [-0.1, -0.05) is 13.0 Å². The summed E-state index contributed by atoms with van der Waals surface area (Å²) in [7, 11) is 0. The fourth-order valence-corrected chi connectivity index (χ4v) is 4.58. The first-order chi connectivity index (χ1) is 13.3. The van der Waals surface area contributed by atoms with Gasteiger partial charge in [0, 0.05) is 51.5 Å². The van der Waals surface area contributed by atoms with Gasteiger partial charge in [0.05, 0.1) is 5.69 Å². The van der Waals surface area contributed by atoms with Gasteiger partial charge in [-0.3, -0.25) is 4.90 Å². The van der Waals surface area contributed by atoms with Crippen molar-refractivity contribution in [3.05, 3.63) is 41.7 Å². The maximum absolute atomic E-state index is 4.52. The van der Waals surface area contributed by atoms with E-state index >= 15 is 0 Å². The van der Waals surface area contributed by atoms with Crippen molar-refractivity contribution < 1.29 is 0 Å². The predicted molar refractivity (Wildman–Crippen MR) is 107 cm³/mol. The van der Waals surface area contributed by atoms with E-state index in [9.17, 15) is 0 Å². The number of aryl methyl sites for hydroxylation is 1. The molecule has 0 saturated carbocycles. The van der Waals surface area contributed by atoms with Gasteiger partial charge < -0.3 is 9.80 Å². The van der Waals surface area contributed by atoms with Gasteiger partial charge in [-0.05, 0) is 48.9 Å². The molecule has 1 unspecified atom stereocenters. The molecule has 1 aliphatic carbocycles.